The van der Waals surface area contributed by atoms with E-state index in [0.717, 1.165) is 0 Å². The molecule has 0 radical (unpaired) electrons. The number of aliphatic carboxylic acids is 1. The lowest BCUT2D eigenvalue weighted by Crippen LogP contribution is -2.14. The van der Waals surface area contributed by atoms with Crippen LogP contribution < -0.4 is 0 Å². The number of nitrogens with zero attached hydrogens (tertiary/aromatic N) is 1. The zero-order chi connectivity index (χ0) is 14.3. The van der Waals surface area contributed by atoms with Gasteiger partial charge in [-0.1, -0.05) is 30.3 Å². The fourth-order valence-corrected chi connectivity index (χ4v) is 1.59. The molecule has 1 N–H and O–H groups in total. The third-order valence-corrected chi connectivity index (χ3v) is 2.40. The lowest BCUT2D eigenvalue weighted by molar-refractivity contribution is -0.142. The van der Waals surface area contributed by atoms with Crippen molar-refractivity contribution in [2.45, 2.75) is 26.3 Å². The van der Waals surface area contributed by atoms with Crippen molar-refractivity contribution in [1.82, 2.24) is 0 Å². The molecular weight excluding hydrogens is 246 g/mol. The molecule has 1 rings (SSSR count). The Morgan fingerprint density at radius 1 is 1.32 bits per heavy atom. The molecule has 0 bridgehead atoms. The first kappa shape index (κ1) is 14.9. The minimum Gasteiger partial charge on any atom is -0.479 e. The molecule has 0 saturated heterocycles. The van der Waals surface area contributed by atoms with E-state index in [2.05, 4.69) is 4.99 Å². The summed E-state index contributed by atoms with van der Waals surface area (Å²) in [5.74, 6) is -1.45. The van der Waals surface area contributed by atoms with Gasteiger partial charge in [0.1, 0.15) is 0 Å². The number of ether oxygens (including phenoxy) is 1. The second-order valence-corrected chi connectivity index (χ2v) is 4.00. The molecule has 0 amide bonds. The molecule has 0 fully saturated rings. The fraction of sp³-hybridized carbons (Fsp3) is 0.357. The fourth-order valence-electron chi connectivity index (χ4n) is 1.59. The topological polar surface area (TPSA) is 76.0 Å². The molecule has 0 heterocycles. The van der Waals surface area contributed by atoms with Crippen LogP contribution in [-0.2, 0) is 14.3 Å². The van der Waals surface area contributed by atoms with Gasteiger partial charge in [0.05, 0.1) is 13.0 Å². The first-order valence-electron chi connectivity index (χ1n) is 6.01. The van der Waals surface area contributed by atoms with Crippen LogP contribution in [0.5, 0.6) is 0 Å². The molecule has 5 heteroatoms. The maximum Gasteiger partial charge on any atom is 0.333 e. The number of esters is 1. The van der Waals surface area contributed by atoms with Crippen LogP contribution in [0.25, 0.3) is 0 Å². The number of carbonyl (C=O) groups excluding carboxylic acids is 1. The van der Waals surface area contributed by atoms with Crippen LogP contribution in [0.3, 0.4) is 0 Å². The maximum atomic E-state index is 11.3. The summed E-state index contributed by atoms with van der Waals surface area (Å²) in [4.78, 5) is 26.6. The molecule has 0 aliphatic heterocycles. The largest absolute Gasteiger partial charge is 0.479 e. The van der Waals surface area contributed by atoms with Crippen molar-refractivity contribution in [3.8, 4) is 0 Å². The van der Waals surface area contributed by atoms with Gasteiger partial charge < -0.3 is 9.84 Å². The first-order valence-corrected chi connectivity index (χ1v) is 6.01. The van der Waals surface area contributed by atoms with E-state index >= 15 is 0 Å². The smallest absolute Gasteiger partial charge is 0.333 e. The number of carboxylic acids is 1. The van der Waals surface area contributed by atoms with Crippen molar-refractivity contribution >= 4 is 17.7 Å². The van der Waals surface area contributed by atoms with E-state index in [1.165, 1.54) is 0 Å². The molecule has 0 aliphatic rings. The number of aliphatic imine (C=N–C) groups is 1. The average molecular weight is 263 g/mol. The van der Waals surface area contributed by atoms with Crippen LogP contribution >= 0.6 is 0 Å². The lowest BCUT2D eigenvalue weighted by Gasteiger charge is -2.09. The van der Waals surface area contributed by atoms with Crippen LogP contribution in [-0.4, -0.2) is 29.4 Å². The summed E-state index contributed by atoms with van der Waals surface area (Å²) in [7, 11) is 0. The molecule has 19 heavy (non-hydrogen) atoms. The minimum absolute atomic E-state index is 0.00442. The van der Waals surface area contributed by atoms with Gasteiger partial charge in [0.25, 0.3) is 0 Å². The number of hydrogen-bond donors (Lipinski definition) is 1. The second-order valence-electron chi connectivity index (χ2n) is 4.00. The van der Waals surface area contributed by atoms with E-state index in [0.29, 0.717) is 17.9 Å². The van der Waals surface area contributed by atoms with Crippen LogP contribution in [0.1, 0.15) is 31.9 Å². The second kappa shape index (κ2) is 7.31. The molecule has 0 unspecified atom stereocenters. The van der Waals surface area contributed by atoms with Gasteiger partial charge in [0.2, 0.25) is 0 Å². The molecule has 102 valence electrons. The number of rotatable bonds is 6. The highest BCUT2D eigenvalue weighted by molar-refractivity contribution is 5.98. The Hall–Kier alpha value is -2.17. The van der Waals surface area contributed by atoms with E-state index in [9.17, 15) is 14.7 Å². The monoisotopic (exact) mass is 263 g/mol. The maximum absolute atomic E-state index is 11.3. The number of carboxylic acid groups (broad SMARTS) is 1. The van der Waals surface area contributed by atoms with Gasteiger partial charge in [-0.25, -0.2) is 4.79 Å². The van der Waals surface area contributed by atoms with Gasteiger partial charge in [-0.2, -0.15) is 0 Å². The molecule has 1 aromatic carbocycles. The van der Waals surface area contributed by atoms with Gasteiger partial charge in [0.15, 0.2) is 6.04 Å². The third-order valence-electron chi connectivity index (χ3n) is 2.40. The van der Waals surface area contributed by atoms with Gasteiger partial charge in [-0.3, -0.25) is 9.79 Å². The molecular formula is C14H17NO4. The molecule has 0 aliphatic carbocycles. The SMILES string of the molecule is CCOC(=O)CC(C)=N[C@@H](C(=O)O)c1ccccc1. The van der Waals surface area contributed by atoms with E-state index in [-0.39, 0.29) is 6.42 Å². The third kappa shape index (κ3) is 4.91. The predicted molar refractivity (Wildman–Crippen MR) is 71.2 cm³/mol. The molecule has 1 atom stereocenters. The zero-order valence-electron chi connectivity index (χ0n) is 11.0. The Kier molecular flexibility index (Phi) is 5.73. The number of carbonyl (C=O) groups is 2. The van der Waals surface area contributed by atoms with Gasteiger partial charge >= 0.3 is 11.9 Å². The quantitative estimate of drug-likeness (QED) is 0.630. The minimum atomic E-state index is -1.05. The van der Waals surface area contributed by atoms with Crippen molar-refractivity contribution in [2.24, 2.45) is 4.99 Å². The Morgan fingerprint density at radius 2 is 1.95 bits per heavy atom. The van der Waals surface area contributed by atoms with E-state index in [1.807, 2.05) is 0 Å². The molecule has 0 aromatic heterocycles. The van der Waals surface area contributed by atoms with Gasteiger partial charge in [0, 0.05) is 5.71 Å². The van der Waals surface area contributed by atoms with Crippen molar-refractivity contribution in [1.29, 1.82) is 0 Å². The molecule has 0 saturated carbocycles. The Balaban J connectivity index is 2.84. The Labute approximate surface area is 111 Å². The van der Waals surface area contributed by atoms with E-state index < -0.39 is 18.0 Å². The summed E-state index contributed by atoms with van der Waals surface area (Å²) in [6.45, 7) is 3.64. The summed E-state index contributed by atoms with van der Waals surface area (Å²) in [5, 5.41) is 9.19. The molecule has 1 aromatic rings. The molecule has 0 spiro atoms. The van der Waals surface area contributed by atoms with Crippen molar-refractivity contribution < 1.29 is 19.4 Å². The predicted octanol–water partition coefficient (Wildman–Crippen LogP) is 2.23. The first-order chi connectivity index (χ1) is 9.04. The summed E-state index contributed by atoms with van der Waals surface area (Å²) in [5.41, 5.74) is 1.02. The summed E-state index contributed by atoms with van der Waals surface area (Å²) in [6, 6.07) is 7.70. The zero-order valence-corrected chi connectivity index (χ0v) is 11.0. The highest BCUT2D eigenvalue weighted by atomic mass is 16.5. The van der Waals surface area contributed by atoms with Gasteiger partial charge in [-0.15, -0.1) is 0 Å². The van der Waals surface area contributed by atoms with Crippen LogP contribution in [0.4, 0.5) is 0 Å². The van der Waals surface area contributed by atoms with Gasteiger partial charge in [-0.05, 0) is 19.4 Å². The van der Waals surface area contributed by atoms with Crippen LogP contribution in [0.15, 0.2) is 35.3 Å². The highest BCUT2D eigenvalue weighted by Crippen LogP contribution is 2.18. The van der Waals surface area contributed by atoms with Crippen molar-refractivity contribution in [3.63, 3.8) is 0 Å². The summed E-state index contributed by atoms with van der Waals surface area (Å²) >= 11 is 0. The highest BCUT2D eigenvalue weighted by Gasteiger charge is 2.19. The van der Waals surface area contributed by atoms with Crippen molar-refractivity contribution in [3.05, 3.63) is 35.9 Å². The van der Waals surface area contributed by atoms with Crippen LogP contribution in [0.2, 0.25) is 0 Å². The molecule has 5 nitrogen and oxygen atoms in total. The lowest BCUT2D eigenvalue weighted by atomic mass is 10.1. The average Bonchev–Trinajstić information content (AvgIpc) is 2.37. The van der Waals surface area contributed by atoms with E-state index in [4.69, 9.17) is 4.74 Å². The normalized spacial score (nSPS) is 12.8. The van der Waals surface area contributed by atoms with Crippen molar-refractivity contribution in [2.75, 3.05) is 6.61 Å². The van der Waals surface area contributed by atoms with E-state index in [1.54, 1.807) is 44.2 Å². The Bertz CT molecular complexity index is 468. The summed E-state index contributed by atoms with van der Waals surface area (Å²) in [6.07, 6.45) is 0.00442. The van der Waals surface area contributed by atoms with Crippen LogP contribution in [0, 0.1) is 0 Å². The summed E-state index contributed by atoms with van der Waals surface area (Å²) < 4.78 is 4.79. The standard InChI is InChI=1S/C14H17NO4/c1-3-19-12(16)9-10(2)15-13(14(17)18)11-7-5-4-6-8-11/h4-8,13H,3,9H2,1-2H3,(H,17,18)/t13-/m1/s1. The number of benzene rings is 1. The number of hydrogen-bond acceptors (Lipinski definition) is 4. The Morgan fingerprint density at radius 3 is 2.47 bits per heavy atom.